The number of sulfonamides is 1. The summed E-state index contributed by atoms with van der Waals surface area (Å²) in [6.07, 6.45) is 7.03. The monoisotopic (exact) mass is 365 g/mol. The Morgan fingerprint density at radius 2 is 2.09 bits per heavy atom. The van der Waals surface area contributed by atoms with Crippen LogP contribution in [0.1, 0.15) is 32.1 Å². The quantitative estimate of drug-likeness (QED) is 0.651. The highest BCUT2D eigenvalue weighted by molar-refractivity contribution is 7.89. The fourth-order valence-corrected chi connectivity index (χ4v) is 3.25. The molecule has 0 spiro atoms. The van der Waals surface area contributed by atoms with Crippen LogP contribution in [0.25, 0.3) is 0 Å². The minimum Gasteiger partial charge on any atom is -0.353 e. The van der Waals surface area contributed by atoms with Crippen LogP contribution in [0.3, 0.4) is 0 Å². The first-order valence-electron chi connectivity index (χ1n) is 7.45. The Morgan fingerprint density at radius 3 is 2.70 bits per heavy atom. The predicted octanol–water partition coefficient (Wildman–Crippen LogP) is -0.0239. The van der Waals surface area contributed by atoms with Gasteiger partial charge in [-0.15, -0.1) is 12.4 Å². The van der Waals surface area contributed by atoms with Gasteiger partial charge in [-0.25, -0.2) is 13.6 Å². The average Bonchev–Trinajstić information content (AvgIpc) is 2.95. The van der Waals surface area contributed by atoms with E-state index in [1.165, 1.54) is 17.1 Å². The number of aromatic nitrogens is 2. The van der Waals surface area contributed by atoms with Crippen LogP contribution in [0.4, 0.5) is 0 Å². The summed E-state index contributed by atoms with van der Waals surface area (Å²) in [4.78, 5) is 12.0. The zero-order chi connectivity index (χ0) is 16.2. The molecule has 0 radical (unpaired) electrons. The Bertz CT molecular complexity index is 619. The van der Waals surface area contributed by atoms with Gasteiger partial charge in [0.2, 0.25) is 15.9 Å². The number of amides is 1. The van der Waals surface area contributed by atoms with Crippen LogP contribution in [0, 0.1) is 5.92 Å². The number of carbonyl (C=O) groups is 1. The molecule has 2 rings (SSSR count). The summed E-state index contributed by atoms with van der Waals surface area (Å²) in [5.41, 5.74) is 5.74. The van der Waals surface area contributed by atoms with Crippen LogP contribution in [0.15, 0.2) is 17.3 Å². The highest BCUT2D eigenvalue weighted by Crippen LogP contribution is 2.23. The van der Waals surface area contributed by atoms with E-state index in [1.807, 2.05) is 0 Å². The lowest BCUT2D eigenvalue weighted by Crippen LogP contribution is -2.44. The average molecular weight is 366 g/mol. The summed E-state index contributed by atoms with van der Waals surface area (Å²) in [6, 6.07) is 0.142. The molecule has 1 aliphatic rings. The fraction of sp³-hybridized carbons (Fsp3) is 0.692. The van der Waals surface area contributed by atoms with E-state index in [0.29, 0.717) is 19.0 Å². The van der Waals surface area contributed by atoms with Crippen LogP contribution in [-0.4, -0.2) is 36.7 Å². The van der Waals surface area contributed by atoms with Crippen molar-refractivity contribution in [1.29, 1.82) is 0 Å². The highest BCUT2D eigenvalue weighted by atomic mass is 35.5. The molecule has 1 aliphatic carbocycles. The fourth-order valence-electron chi connectivity index (χ4n) is 2.79. The van der Waals surface area contributed by atoms with Gasteiger partial charge in [0.1, 0.15) is 4.90 Å². The number of halogens is 1. The zero-order valence-electron chi connectivity index (χ0n) is 12.8. The van der Waals surface area contributed by atoms with Crippen LogP contribution in [-0.2, 0) is 21.4 Å². The molecule has 1 saturated carbocycles. The first-order chi connectivity index (χ1) is 10.4. The van der Waals surface area contributed by atoms with Gasteiger partial charge in [-0.1, -0.05) is 12.8 Å². The third-order valence-electron chi connectivity index (χ3n) is 4.06. The SMILES string of the molecule is Cl.NCC1CCCCC1NC(=O)CCn1cc(S(N)(=O)=O)cn1. The first-order valence-corrected chi connectivity index (χ1v) is 8.99. The first kappa shape index (κ1) is 19.9. The molecule has 2 unspecified atom stereocenters. The van der Waals surface area contributed by atoms with Crippen molar-refractivity contribution in [2.45, 2.75) is 49.6 Å². The van der Waals surface area contributed by atoms with Crippen molar-refractivity contribution in [3.05, 3.63) is 12.4 Å². The Kier molecular flexibility index (Phi) is 7.46. The van der Waals surface area contributed by atoms with E-state index in [0.717, 1.165) is 25.7 Å². The normalized spacial score (nSPS) is 21.5. The van der Waals surface area contributed by atoms with Crippen molar-refractivity contribution in [3.8, 4) is 0 Å². The topological polar surface area (TPSA) is 133 Å². The summed E-state index contributed by atoms with van der Waals surface area (Å²) >= 11 is 0. The van der Waals surface area contributed by atoms with E-state index >= 15 is 0 Å². The van der Waals surface area contributed by atoms with Crippen molar-refractivity contribution in [3.63, 3.8) is 0 Å². The summed E-state index contributed by atoms with van der Waals surface area (Å²) in [5, 5.41) is 11.9. The molecule has 10 heteroatoms. The summed E-state index contributed by atoms with van der Waals surface area (Å²) in [5.74, 6) is 0.273. The second-order valence-electron chi connectivity index (χ2n) is 5.69. The van der Waals surface area contributed by atoms with Crippen molar-refractivity contribution >= 4 is 28.3 Å². The summed E-state index contributed by atoms with van der Waals surface area (Å²) in [6.45, 7) is 0.892. The van der Waals surface area contributed by atoms with Crippen molar-refractivity contribution in [1.82, 2.24) is 15.1 Å². The van der Waals surface area contributed by atoms with E-state index in [-0.39, 0.29) is 35.7 Å². The third-order valence-corrected chi connectivity index (χ3v) is 4.93. The number of primary sulfonamides is 1. The number of rotatable bonds is 6. The molecule has 0 aromatic carbocycles. The number of hydrogen-bond acceptors (Lipinski definition) is 5. The van der Waals surface area contributed by atoms with Crippen LogP contribution in [0.5, 0.6) is 0 Å². The standard InChI is InChI=1S/C13H23N5O3S.ClH/c14-7-10-3-1-2-4-12(10)17-13(19)5-6-18-9-11(8-16-18)22(15,20)21;/h8-10,12H,1-7,14H2,(H,17,19)(H2,15,20,21);1H. The van der Waals surface area contributed by atoms with E-state index in [2.05, 4.69) is 10.4 Å². The summed E-state index contributed by atoms with van der Waals surface area (Å²) in [7, 11) is -3.75. The molecule has 1 fully saturated rings. The Labute approximate surface area is 142 Å². The molecule has 0 bridgehead atoms. The molecule has 2 atom stereocenters. The lowest BCUT2D eigenvalue weighted by molar-refractivity contribution is -0.122. The molecule has 1 heterocycles. The maximum Gasteiger partial charge on any atom is 0.241 e. The lowest BCUT2D eigenvalue weighted by atomic mass is 9.84. The smallest absolute Gasteiger partial charge is 0.241 e. The molecular weight excluding hydrogens is 342 g/mol. The maximum atomic E-state index is 12.0. The molecule has 0 saturated heterocycles. The molecule has 23 heavy (non-hydrogen) atoms. The van der Waals surface area contributed by atoms with Gasteiger partial charge in [-0.05, 0) is 25.3 Å². The molecule has 5 N–H and O–H groups in total. The van der Waals surface area contributed by atoms with E-state index in [4.69, 9.17) is 10.9 Å². The van der Waals surface area contributed by atoms with Crippen LogP contribution < -0.4 is 16.2 Å². The number of aryl methyl sites for hydroxylation is 1. The van der Waals surface area contributed by atoms with E-state index in [1.54, 1.807) is 0 Å². The van der Waals surface area contributed by atoms with Gasteiger partial charge in [-0.2, -0.15) is 5.10 Å². The number of nitrogens with one attached hydrogen (secondary N) is 1. The second kappa shape index (κ2) is 8.62. The minimum absolute atomic E-state index is 0. The molecule has 1 aromatic heterocycles. The van der Waals surface area contributed by atoms with Crippen LogP contribution >= 0.6 is 12.4 Å². The van der Waals surface area contributed by atoms with Gasteiger partial charge in [0.05, 0.1) is 6.20 Å². The zero-order valence-corrected chi connectivity index (χ0v) is 14.5. The largest absolute Gasteiger partial charge is 0.353 e. The molecule has 132 valence electrons. The minimum atomic E-state index is -3.75. The van der Waals surface area contributed by atoms with Crippen LogP contribution in [0.2, 0.25) is 0 Å². The van der Waals surface area contributed by atoms with Crippen molar-refractivity contribution in [2.24, 2.45) is 16.8 Å². The number of hydrogen-bond donors (Lipinski definition) is 3. The molecular formula is C13H24ClN5O3S. The maximum absolute atomic E-state index is 12.0. The molecule has 8 nitrogen and oxygen atoms in total. The van der Waals surface area contributed by atoms with Gasteiger partial charge >= 0.3 is 0 Å². The highest BCUT2D eigenvalue weighted by Gasteiger charge is 2.25. The second-order valence-corrected chi connectivity index (χ2v) is 7.25. The number of nitrogens with zero attached hydrogens (tertiary/aromatic N) is 2. The molecule has 0 aliphatic heterocycles. The van der Waals surface area contributed by atoms with Gasteiger partial charge in [0, 0.05) is 25.2 Å². The van der Waals surface area contributed by atoms with Gasteiger partial charge in [0.15, 0.2) is 0 Å². The molecule has 1 aromatic rings. The van der Waals surface area contributed by atoms with E-state index in [9.17, 15) is 13.2 Å². The van der Waals surface area contributed by atoms with Crippen molar-refractivity contribution < 1.29 is 13.2 Å². The molecule has 1 amide bonds. The Hall–Kier alpha value is -1.16. The lowest BCUT2D eigenvalue weighted by Gasteiger charge is -2.31. The third kappa shape index (κ3) is 5.76. The van der Waals surface area contributed by atoms with Gasteiger partial charge in [-0.3, -0.25) is 9.48 Å². The van der Waals surface area contributed by atoms with Crippen molar-refractivity contribution in [2.75, 3.05) is 6.54 Å². The number of nitrogens with two attached hydrogens (primary N) is 2. The number of carbonyl (C=O) groups excluding carboxylic acids is 1. The Balaban J connectivity index is 0.00000264. The van der Waals surface area contributed by atoms with Gasteiger partial charge < -0.3 is 11.1 Å². The van der Waals surface area contributed by atoms with E-state index < -0.39 is 10.0 Å². The Morgan fingerprint density at radius 1 is 1.39 bits per heavy atom. The predicted molar refractivity (Wildman–Crippen MR) is 88.4 cm³/mol. The van der Waals surface area contributed by atoms with Gasteiger partial charge in [0.25, 0.3) is 0 Å². The summed E-state index contributed by atoms with van der Waals surface area (Å²) < 4.78 is 23.7.